The SMILES string of the molecule is O=[S+]1([O-])NC2(CCN(Cc3ccsc3)C2)COc2ccncc21. The summed E-state index contributed by atoms with van der Waals surface area (Å²) >= 11 is 1.67. The van der Waals surface area contributed by atoms with E-state index in [2.05, 4.69) is 31.4 Å². The molecule has 23 heavy (non-hydrogen) atoms. The maximum absolute atomic E-state index is 12.6. The van der Waals surface area contributed by atoms with Crippen molar-refractivity contribution in [2.45, 2.75) is 23.4 Å². The molecule has 2 unspecified atom stereocenters. The zero-order valence-corrected chi connectivity index (χ0v) is 14.1. The van der Waals surface area contributed by atoms with Crippen LogP contribution in [-0.2, 0) is 21.2 Å². The van der Waals surface area contributed by atoms with Crippen LogP contribution in [0.1, 0.15) is 12.0 Å². The van der Waals surface area contributed by atoms with Gasteiger partial charge in [-0.15, -0.1) is 4.72 Å². The Morgan fingerprint density at radius 3 is 3.26 bits per heavy atom. The van der Waals surface area contributed by atoms with E-state index >= 15 is 0 Å². The van der Waals surface area contributed by atoms with E-state index in [0.717, 1.165) is 19.5 Å². The predicted molar refractivity (Wildman–Crippen MR) is 86.9 cm³/mol. The molecule has 0 bridgehead atoms. The van der Waals surface area contributed by atoms with E-state index in [4.69, 9.17) is 4.74 Å². The van der Waals surface area contributed by atoms with Crippen LogP contribution in [0.3, 0.4) is 0 Å². The van der Waals surface area contributed by atoms with Crippen molar-refractivity contribution in [2.75, 3.05) is 19.7 Å². The first-order valence-electron chi connectivity index (χ1n) is 7.41. The maximum Gasteiger partial charge on any atom is 0.235 e. The highest BCUT2D eigenvalue weighted by atomic mass is 32.3. The standard InChI is InChI=1S/C15H17N3O3S2/c19-23(20)14-7-16-4-1-13(14)21-11-15(17-23)3-5-18(10-15)8-12-2-6-22-9-12/h1-2,4,6-7,9H,3,5,8,10-11H2,(H-,17,19,20). The average molecular weight is 351 g/mol. The molecule has 6 nitrogen and oxygen atoms in total. The van der Waals surface area contributed by atoms with Gasteiger partial charge in [-0.3, -0.25) is 9.88 Å². The molecule has 1 saturated heterocycles. The summed E-state index contributed by atoms with van der Waals surface area (Å²) < 4.78 is 33.9. The van der Waals surface area contributed by atoms with Gasteiger partial charge in [-0.05, 0) is 28.8 Å². The highest BCUT2D eigenvalue weighted by Crippen LogP contribution is 2.34. The van der Waals surface area contributed by atoms with E-state index in [0.29, 0.717) is 18.9 Å². The number of sulfonamides is 1. The normalized spacial score (nSPS) is 30.8. The maximum atomic E-state index is 12.6. The molecule has 0 amide bonds. The Kier molecular flexibility index (Phi) is 3.73. The second kappa shape index (κ2) is 5.64. The van der Waals surface area contributed by atoms with Gasteiger partial charge >= 0.3 is 0 Å². The van der Waals surface area contributed by atoms with E-state index < -0.39 is 15.9 Å². The second-order valence-electron chi connectivity index (χ2n) is 6.09. The largest absolute Gasteiger partial charge is 0.593 e. The summed E-state index contributed by atoms with van der Waals surface area (Å²) in [5, 5.41) is 4.18. The Bertz CT molecular complexity index is 752. The quantitative estimate of drug-likeness (QED) is 0.833. The summed E-state index contributed by atoms with van der Waals surface area (Å²) in [5.41, 5.74) is 0.686. The molecule has 122 valence electrons. The molecule has 0 aromatic carbocycles. The van der Waals surface area contributed by atoms with Crippen LogP contribution in [0.2, 0.25) is 0 Å². The van der Waals surface area contributed by atoms with E-state index in [1.165, 1.54) is 11.8 Å². The lowest BCUT2D eigenvalue weighted by molar-refractivity contribution is 0.198. The number of hydrogen-bond acceptors (Lipinski definition) is 6. The lowest BCUT2D eigenvalue weighted by atomic mass is 10.0. The van der Waals surface area contributed by atoms with Crippen LogP contribution in [0.25, 0.3) is 0 Å². The van der Waals surface area contributed by atoms with Gasteiger partial charge in [-0.1, -0.05) is 4.21 Å². The molecule has 0 saturated carbocycles. The summed E-state index contributed by atoms with van der Waals surface area (Å²) in [4.78, 5) is 6.29. The van der Waals surface area contributed by atoms with Crippen molar-refractivity contribution in [3.63, 3.8) is 0 Å². The van der Waals surface area contributed by atoms with Crippen molar-refractivity contribution in [3.05, 3.63) is 40.8 Å². The molecular formula is C15H17N3O3S2. The number of nitrogens with zero attached hydrogens (tertiary/aromatic N) is 2. The van der Waals surface area contributed by atoms with Crippen molar-refractivity contribution in [2.24, 2.45) is 0 Å². The molecule has 1 N–H and O–H groups in total. The van der Waals surface area contributed by atoms with Crippen molar-refractivity contribution in [3.8, 4) is 5.75 Å². The second-order valence-corrected chi connectivity index (χ2v) is 8.52. The first kappa shape index (κ1) is 15.2. The van der Waals surface area contributed by atoms with Gasteiger partial charge in [0.15, 0.2) is 16.1 Å². The summed E-state index contributed by atoms with van der Waals surface area (Å²) in [6.45, 7) is 2.66. The molecule has 1 fully saturated rings. The third-order valence-electron chi connectivity index (χ3n) is 4.31. The predicted octanol–water partition coefficient (Wildman–Crippen LogP) is 1.67. The number of likely N-dealkylation sites (tertiary alicyclic amines) is 1. The Hall–Kier alpha value is -1.32. The summed E-state index contributed by atoms with van der Waals surface area (Å²) in [6, 6.07) is 3.70. The highest BCUT2D eigenvalue weighted by molar-refractivity contribution is 7.96. The van der Waals surface area contributed by atoms with Crippen molar-refractivity contribution in [1.29, 1.82) is 0 Å². The lowest BCUT2D eigenvalue weighted by Crippen LogP contribution is -2.54. The fraction of sp³-hybridized carbons (Fsp3) is 0.400. The van der Waals surface area contributed by atoms with Crippen LogP contribution >= 0.6 is 11.3 Å². The minimum atomic E-state index is -3.62. The van der Waals surface area contributed by atoms with Gasteiger partial charge in [-0.25, -0.2) is 0 Å². The topological polar surface area (TPSA) is 77.5 Å². The molecule has 2 aliphatic heterocycles. The number of thiophene rings is 1. The molecule has 4 rings (SSSR count). The number of pyridine rings is 1. The van der Waals surface area contributed by atoms with Gasteiger partial charge in [-0.2, -0.15) is 11.3 Å². The molecule has 2 aliphatic rings. The molecule has 4 heterocycles. The van der Waals surface area contributed by atoms with E-state index in [9.17, 15) is 8.76 Å². The number of nitrogens with one attached hydrogen (secondary N) is 1. The molecule has 0 radical (unpaired) electrons. The fourth-order valence-corrected chi connectivity index (χ4v) is 5.37. The van der Waals surface area contributed by atoms with E-state index in [-0.39, 0.29) is 4.90 Å². The molecule has 1 spiro atoms. The number of hydrogen-bond donors (Lipinski definition) is 1. The smallest absolute Gasteiger partial charge is 0.235 e. The van der Waals surface area contributed by atoms with E-state index in [1.54, 1.807) is 23.6 Å². The lowest BCUT2D eigenvalue weighted by Gasteiger charge is -2.28. The Morgan fingerprint density at radius 2 is 2.43 bits per heavy atom. The number of aromatic nitrogens is 1. The van der Waals surface area contributed by atoms with Gasteiger partial charge in [0.05, 0.1) is 6.20 Å². The zero-order chi connectivity index (χ0) is 15.9. The summed E-state index contributed by atoms with van der Waals surface area (Å²) in [6.07, 6.45) is 3.62. The minimum absolute atomic E-state index is 0.119. The van der Waals surface area contributed by atoms with Crippen LogP contribution in [0.15, 0.2) is 40.2 Å². The third kappa shape index (κ3) is 2.92. The summed E-state index contributed by atoms with van der Waals surface area (Å²) in [5.74, 6) is 0.376. The first-order valence-corrected chi connectivity index (χ1v) is 9.83. The van der Waals surface area contributed by atoms with Crippen molar-refractivity contribution < 1.29 is 13.5 Å². The molecule has 2 aromatic heterocycles. The van der Waals surface area contributed by atoms with Gasteiger partial charge in [0, 0.05) is 31.9 Å². The van der Waals surface area contributed by atoms with E-state index in [1.807, 2.05) is 0 Å². The Morgan fingerprint density at radius 1 is 1.52 bits per heavy atom. The van der Waals surface area contributed by atoms with Crippen molar-refractivity contribution >= 4 is 21.7 Å². The van der Waals surface area contributed by atoms with Gasteiger partial charge in [0.2, 0.25) is 4.90 Å². The van der Waals surface area contributed by atoms with Gasteiger partial charge in [0.1, 0.15) is 12.1 Å². The Labute approximate surface area is 139 Å². The van der Waals surface area contributed by atoms with Crippen LogP contribution in [-0.4, -0.2) is 39.7 Å². The van der Waals surface area contributed by atoms with Crippen LogP contribution < -0.4 is 9.46 Å². The first-order chi connectivity index (χ1) is 11.1. The molecule has 2 aromatic rings. The van der Waals surface area contributed by atoms with Crippen LogP contribution in [0.4, 0.5) is 0 Å². The van der Waals surface area contributed by atoms with Crippen molar-refractivity contribution in [1.82, 2.24) is 14.6 Å². The third-order valence-corrected chi connectivity index (χ3v) is 6.63. The van der Waals surface area contributed by atoms with Crippen LogP contribution in [0, 0.1) is 0 Å². The number of ether oxygens (including phenoxy) is 1. The number of rotatable bonds is 2. The molecule has 0 aliphatic carbocycles. The minimum Gasteiger partial charge on any atom is -0.593 e. The fourth-order valence-electron chi connectivity index (χ4n) is 3.21. The number of fused-ring (bicyclic) bond motifs is 1. The molecule has 8 heteroatoms. The van der Waals surface area contributed by atoms with Crippen LogP contribution in [0.5, 0.6) is 5.75 Å². The molecule has 2 atom stereocenters. The highest BCUT2D eigenvalue weighted by Gasteiger charge is 2.47. The zero-order valence-electron chi connectivity index (χ0n) is 12.4. The van der Waals surface area contributed by atoms with Gasteiger partial charge in [0.25, 0.3) is 0 Å². The monoisotopic (exact) mass is 351 g/mol. The van der Waals surface area contributed by atoms with Gasteiger partial charge < -0.3 is 9.29 Å². The molecular weight excluding hydrogens is 334 g/mol. The Balaban J connectivity index is 1.56. The summed E-state index contributed by atoms with van der Waals surface area (Å²) in [7, 11) is -3.62. The average Bonchev–Trinajstić information content (AvgIpc) is 3.14.